The third kappa shape index (κ3) is 1.30. The molecule has 0 aromatic carbocycles. The van der Waals surface area contributed by atoms with Crippen LogP contribution in [0.1, 0.15) is 25.8 Å². The van der Waals surface area contributed by atoms with E-state index >= 15 is 0 Å². The molecule has 1 aliphatic carbocycles. The van der Waals surface area contributed by atoms with Crippen LogP contribution in [0.25, 0.3) is 0 Å². The van der Waals surface area contributed by atoms with Crippen molar-refractivity contribution in [2.75, 3.05) is 6.61 Å². The maximum absolute atomic E-state index is 9.49. The fourth-order valence-corrected chi connectivity index (χ4v) is 2.60. The van der Waals surface area contributed by atoms with Crippen LogP contribution >= 0.6 is 15.9 Å². The van der Waals surface area contributed by atoms with Crippen molar-refractivity contribution < 1.29 is 5.11 Å². The van der Waals surface area contributed by atoms with Gasteiger partial charge in [-0.25, -0.2) is 0 Å². The van der Waals surface area contributed by atoms with Crippen LogP contribution < -0.4 is 0 Å². The summed E-state index contributed by atoms with van der Waals surface area (Å²) in [6.45, 7) is 4.58. The maximum atomic E-state index is 9.49. The van der Waals surface area contributed by atoms with Crippen molar-refractivity contribution >= 4 is 15.9 Å². The molecular weight excluding hydrogens is 242 g/mol. The van der Waals surface area contributed by atoms with Gasteiger partial charge in [-0.3, -0.25) is 4.98 Å². The molecule has 0 amide bonds. The SMILES string of the molecule is CC1(C)CC1(CO)c1cncc(Br)c1. The Kier molecular flexibility index (Phi) is 2.20. The van der Waals surface area contributed by atoms with Gasteiger partial charge in [-0.05, 0) is 39.4 Å². The summed E-state index contributed by atoms with van der Waals surface area (Å²) in [5.41, 5.74) is 1.27. The number of hydrogen-bond acceptors (Lipinski definition) is 2. The van der Waals surface area contributed by atoms with Crippen LogP contribution in [0.15, 0.2) is 22.9 Å². The average molecular weight is 256 g/mol. The number of nitrogens with zero attached hydrogens (tertiary/aromatic N) is 1. The van der Waals surface area contributed by atoms with Gasteiger partial charge in [-0.2, -0.15) is 0 Å². The molecule has 2 rings (SSSR count). The molecule has 0 saturated heterocycles. The second kappa shape index (κ2) is 3.04. The Labute approximate surface area is 92.5 Å². The molecule has 0 aliphatic heterocycles. The van der Waals surface area contributed by atoms with Crippen LogP contribution in [-0.2, 0) is 5.41 Å². The number of aliphatic hydroxyl groups excluding tert-OH is 1. The molecule has 14 heavy (non-hydrogen) atoms. The summed E-state index contributed by atoms with van der Waals surface area (Å²) in [6.07, 6.45) is 4.66. The van der Waals surface area contributed by atoms with Crippen molar-refractivity contribution in [1.82, 2.24) is 4.98 Å². The summed E-state index contributed by atoms with van der Waals surface area (Å²) in [6, 6.07) is 2.05. The zero-order valence-corrected chi connectivity index (χ0v) is 10.0. The van der Waals surface area contributed by atoms with E-state index in [4.69, 9.17) is 0 Å². The summed E-state index contributed by atoms with van der Waals surface area (Å²) in [4.78, 5) is 4.15. The lowest BCUT2D eigenvalue weighted by atomic mass is 9.90. The predicted molar refractivity (Wildman–Crippen MR) is 59.1 cm³/mol. The lowest BCUT2D eigenvalue weighted by molar-refractivity contribution is 0.231. The van der Waals surface area contributed by atoms with Gasteiger partial charge in [0.05, 0.1) is 6.61 Å². The van der Waals surface area contributed by atoms with E-state index in [-0.39, 0.29) is 17.4 Å². The van der Waals surface area contributed by atoms with Crippen LogP contribution in [0.2, 0.25) is 0 Å². The van der Waals surface area contributed by atoms with Crippen molar-refractivity contribution in [3.63, 3.8) is 0 Å². The monoisotopic (exact) mass is 255 g/mol. The molecular formula is C11H14BrNO. The summed E-state index contributed by atoms with van der Waals surface area (Å²) in [5, 5.41) is 9.49. The molecule has 1 heterocycles. The third-order valence-corrected chi connectivity index (χ3v) is 3.88. The Bertz CT molecular complexity index is 364. The van der Waals surface area contributed by atoms with Gasteiger partial charge in [0.15, 0.2) is 0 Å². The van der Waals surface area contributed by atoms with Crippen molar-refractivity contribution in [3.8, 4) is 0 Å². The van der Waals surface area contributed by atoms with Gasteiger partial charge in [0.2, 0.25) is 0 Å². The van der Waals surface area contributed by atoms with Gasteiger partial charge >= 0.3 is 0 Å². The topological polar surface area (TPSA) is 33.1 Å². The molecule has 76 valence electrons. The fourth-order valence-electron chi connectivity index (χ4n) is 2.24. The molecule has 1 unspecified atom stereocenters. The number of halogens is 1. The average Bonchev–Trinajstić information content (AvgIpc) is 2.70. The molecule has 0 radical (unpaired) electrons. The summed E-state index contributed by atoms with van der Waals surface area (Å²) < 4.78 is 0.977. The molecule has 0 spiro atoms. The summed E-state index contributed by atoms with van der Waals surface area (Å²) >= 11 is 3.40. The molecule has 1 aromatic rings. The number of hydrogen-bond donors (Lipinski definition) is 1. The first-order chi connectivity index (χ1) is 6.52. The normalized spacial score (nSPS) is 28.9. The zero-order chi connectivity index (χ0) is 10.4. The Hall–Kier alpha value is -0.410. The van der Waals surface area contributed by atoms with Crippen LogP contribution in [0.3, 0.4) is 0 Å². The van der Waals surface area contributed by atoms with E-state index in [0.717, 1.165) is 16.5 Å². The van der Waals surface area contributed by atoms with E-state index in [9.17, 15) is 5.11 Å². The minimum absolute atomic E-state index is 0.0657. The highest BCUT2D eigenvalue weighted by atomic mass is 79.9. The van der Waals surface area contributed by atoms with E-state index in [1.54, 1.807) is 6.20 Å². The number of aliphatic hydroxyl groups is 1. The molecule has 1 atom stereocenters. The lowest BCUT2D eigenvalue weighted by Gasteiger charge is -2.17. The highest BCUT2D eigenvalue weighted by Gasteiger charge is 2.61. The van der Waals surface area contributed by atoms with E-state index in [0.29, 0.717) is 0 Å². The van der Waals surface area contributed by atoms with Gasteiger partial charge in [0.25, 0.3) is 0 Å². The second-order valence-electron chi connectivity index (χ2n) is 4.69. The van der Waals surface area contributed by atoms with E-state index < -0.39 is 0 Å². The van der Waals surface area contributed by atoms with Crippen molar-refractivity contribution in [2.45, 2.75) is 25.7 Å². The minimum atomic E-state index is -0.0657. The van der Waals surface area contributed by atoms with E-state index in [2.05, 4.69) is 40.8 Å². The maximum Gasteiger partial charge on any atom is 0.0533 e. The van der Waals surface area contributed by atoms with Gasteiger partial charge in [-0.1, -0.05) is 13.8 Å². The van der Waals surface area contributed by atoms with Gasteiger partial charge < -0.3 is 5.11 Å². The quantitative estimate of drug-likeness (QED) is 0.881. The third-order valence-electron chi connectivity index (χ3n) is 3.44. The van der Waals surface area contributed by atoms with Gasteiger partial charge in [-0.15, -0.1) is 0 Å². The smallest absolute Gasteiger partial charge is 0.0533 e. The van der Waals surface area contributed by atoms with Crippen molar-refractivity contribution in [3.05, 3.63) is 28.5 Å². The molecule has 1 aliphatic rings. The standard InChI is InChI=1S/C11H14BrNO/c1-10(2)6-11(10,7-14)8-3-9(12)5-13-4-8/h3-5,14H,6-7H2,1-2H3. The summed E-state index contributed by atoms with van der Waals surface area (Å²) in [7, 11) is 0. The fraction of sp³-hybridized carbons (Fsp3) is 0.545. The Morgan fingerprint density at radius 3 is 2.57 bits per heavy atom. The first kappa shape index (κ1) is 10.1. The van der Waals surface area contributed by atoms with Crippen molar-refractivity contribution in [1.29, 1.82) is 0 Å². The van der Waals surface area contributed by atoms with Gasteiger partial charge in [0.1, 0.15) is 0 Å². The molecule has 1 saturated carbocycles. The number of aromatic nitrogens is 1. The number of pyridine rings is 1. The number of rotatable bonds is 2. The lowest BCUT2D eigenvalue weighted by Crippen LogP contribution is -2.19. The Morgan fingerprint density at radius 2 is 2.14 bits per heavy atom. The predicted octanol–water partition coefficient (Wildman–Crippen LogP) is 2.50. The largest absolute Gasteiger partial charge is 0.395 e. The molecule has 0 bridgehead atoms. The molecule has 1 fully saturated rings. The van der Waals surface area contributed by atoms with Crippen LogP contribution in [0.4, 0.5) is 0 Å². The highest BCUT2D eigenvalue weighted by molar-refractivity contribution is 9.10. The Balaban J connectivity index is 2.40. The molecule has 2 nitrogen and oxygen atoms in total. The van der Waals surface area contributed by atoms with E-state index in [1.807, 2.05) is 6.20 Å². The Morgan fingerprint density at radius 1 is 1.50 bits per heavy atom. The minimum Gasteiger partial charge on any atom is -0.395 e. The second-order valence-corrected chi connectivity index (χ2v) is 5.61. The first-order valence-corrected chi connectivity index (χ1v) is 5.53. The van der Waals surface area contributed by atoms with Gasteiger partial charge in [0, 0.05) is 22.3 Å². The zero-order valence-electron chi connectivity index (χ0n) is 8.42. The summed E-state index contributed by atoms with van der Waals surface area (Å²) in [5.74, 6) is 0. The molecule has 1 N–H and O–H groups in total. The highest BCUT2D eigenvalue weighted by Crippen LogP contribution is 2.63. The van der Waals surface area contributed by atoms with Crippen LogP contribution in [0.5, 0.6) is 0 Å². The van der Waals surface area contributed by atoms with Crippen molar-refractivity contribution in [2.24, 2.45) is 5.41 Å². The molecule has 1 aromatic heterocycles. The van der Waals surface area contributed by atoms with E-state index in [1.165, 1.54) is 0 Å². The molecule has 3 heteroatoms. The van der Waals surface area contributed by atoms with Crippen LogP contribution in [0, 0.1) is 5.41 Å². The first-order valence-electron chi connectivity index (χ1n) is 4.74. The van der Waals surface area contributed by atoms with Crippen LogP contribution in [-0.4, -0.2) is 16.7 Å².